The van der Waals surface area contributed by atoms with Gasteiger partial charge in [0.15, 0.2) is 0 Å². The Morgan fingerprint density at radius 2 is 1.95 bits per heavy atom. The molecule has 3 N–H and O–H groups in total. The predicted molar refractivity (Wildman–Crippen MR) is 151 cm³/mol. The second kappa shape index (κ2) is 13.1. The summed E-state index contributed by atoms with van der Waals surface area (Å²) in [6.45, 7) is 2.17. The van der Waals surface area contributed by atoms with Crippen LogP contribution in [0.1, 0.15) is 58.2 Å². The number of aliphatic hydroxyl groups excluding tert-OH is 2. The molecule has 1 atom stereocenters. The molecule has 0 spiro atoms. The van der Waals surface area contributed by atoms with Crippen molar-refractivity contribution >= 4 is 17.0 Å². The number of halogens is 1. The first-order valence-electron chi connectivity index (χ1n) is 13.9. The number of ether oxygens (including phenoxy) is 1. The van der Waals surface area contributed by atoms with Crippen molar-refractivity contribution in [1.82, 2.24) is 19.4 Å². The smallest absolute Gasteiger partial charge is 0.335 e. The molecule has 0 radical (unpaired) electrons. The van der Waals surface area contributed by atoms with Crippen LogP contribution in [0, 0.1) is 17.1 Å². The topological polar surface area (TPSA) is 145 Å². The van der Waals surface area contributed by atoms with Gasteiger partial charge in [-0.2, -0.15) is 5.26 Å². The Kier molecular flexibility index (Phi) is 9.07. The molecule has 1 saturated heterocycles. The minimum Gasteiger partial charge on any atom is -0.478 e. The summed E-state index contributed by atoms with van der Waals surface area (Å²) >= 11 is 0. The summed E-state index contributed by atoms with van der Waals surface area (Å²) < 4.78 is 21.8. The number of rotatable bonds is 11. The molecule has 1 fully saturated rings. The van der Waals surface area contributed by atoms with Crippen LogP contribution in [-0.4, -0.2) is 66.5 Å². The van der Waals surface area contributed by atoms with E-state index in [2.05, 4.69) is 9.88 Å². The quantitative estimate of drug-likeness (QED) is 0.244. The summed E-state index contributed by atoms with van der Waals surface area (Å²) in [7, 11) is 0. The Balaban J connectivity index is 1.24. The molecular formula is C31H32FN5O5. The standard InChI is InChI=1S/C31H32FN5O5/c32-25-14-20(16-33)4-5-23(25)19-42-30-3-1-2-26(35-30)21-8-11-36(12-9-21)18-29-34-27-7-6-22(31(40)41)15-28(27)37(29)17-24(39)10-13-38/h1-7,14-15,21,24,38-39H,8-13,17-19H2,(H,40,41)/t24-/m0/s1. The molecule has 0 aliphatic carbocycles. The first kappa shape index (κ1) is 29.1. The molecular weight excluding hydrogens is 541 g/mol. The number of hydrogen-bond donors (Lipinski definition) is 3. The fraction of sp³-hybridized carbons (Fsp3) is 0.355. The molecule has 0 unspecified atom stereocenters. The highest BCUT2D eigenvalue weighted by Crippen LogP contribution is 2.29. The highest BCUT2D eigenvalue weighted by molar-refractivity contribution is 5.92. The third-order valence-electron chi connectivity index (χ3n) is 7.60. The number of piperidine rings is 1. The van der Waals surface area contributed by atoms with Gasteiger partial charge in [-0.05, 0) is 68.8 Å². The number of nitrogens with zero attached hydrogens (tertiary/aromatic N) is 5. The van der Waals surface area contributed by atoms with Crippen LogP contribution in [0.3, 0.4) is 0 Å². The molecule has 2 aromatic carbocycles. The van der Waals surface area contributed by atoms with Gasteiger partial charge in [0.05, 0.1) is 47.4 Å². The van der Waals surface area contributed by atoms with Crippen molar-refractivity contribution < 1.29 is 29.2 Å². The van der Waals surface area contributed by atoms with Gasteiger partial charge in [0.2, 0.25) is 5.88 Å². The van der Waals surface area contributed by atoms with Gasteiger partial charge in [-0.25, -0.2) is 19.2 Å². The zero-order valence-electron chi connectivity index (χ0n) is 23.0. The molecule has 5 rings (SSSR count). The Morgan fingerprint density at radius 3 is 2.67 bits per heavy atom. The molecule has 1 aliphatic rings. The molecule has 218 valence electrons. The van der Waals surface area contributed by atoms with Gasteiger partial charge in [-0.15, -0.1) is 0 Å². The molecule has 0 saturated carbocycles. The number of aromatic carboxylic acids is 1. The number of aliphatic hydroxyl groups is 2. The average Bonchev–Trinajstić information content (AvgIpc) is 3.32. The molecule has 42 heavy (non-hydrogen) atoms. The first-order chi connectivity index (χ1) is 20.3. The molecule has 3 heterocycles. The van der Waals surface area contributed by atoms with Gasteiger partial charge in [-0.3, -0.25) is 4.90 Å². The van der Waals surface area contributed by atoms with Crippen molar-refractivity contribution in [1.29, 1.82) is 5.26 Å². The first-order valence-corrected chi connectivity index (χ1v) is 13.9. The van der Waals surface area contributed by atoms with Crippen LogP contribution in [0.5, 0.6) is 5.88 Å². The minimum absolute atomic E-state index is 0.00833. The fourth-order valence-electron chi connectivity index (χ4n) is 5.29. The average molecular weight is 574 g/mol. The van der Waals surface area contributed by atoms with Crippen LogP contribution >= 0.6 is 0 Å². The van der Waals surface area contributed by atoms with Gasteiger partial charge in [-0.1, -0.05) is 12.1 Å². The summed E-state index contributed by atoms with van der Waals surface area (Å²) in [4.78, 5) is 23.3. The lowest BCUT2D eigenvalue weighted by atomic mass is 9.93. The van der Waals surface area contributed by atoms with E-state index in [1.165, 1.54) is 12.1 Å². The van der Waals surface area contributed by atoms with Crippen LogP contribution in [0.15, 0.2) is 54.6 Å². The van der Waals surface area contributed by atoms with E-state index in [0.29, 0.717) is 29.0 Å². The van der Waals surface area contributed by atoms with Crippen molar-refractivity contribution in [3.05, 3.63) is 88.6 Å². The number of fused-ring (bicyclic) bond motifs is 1. The number of hydrogen-bond acceptors (Lipinski definition) is 8. The Morgan fingerprint density at radius 1 is 1.14 bits per heavy atom. The van der Waals surface area contributed by atoms with E-state index in [4.69, 9.17) is 15.0 Å². The van der Waals surface area contributed by atoms with Gasteiger partial charge in [0.25, 0.3) is 0 Å². The number of carbonyl (C=O) groups is 1. The lowest BCUT2D eigenvalue weighted by molar-refractivity contribution is 0.0697. The molecule has 2 aromatic heterocycles. The van der Waals surface area contributed by atoms with Gasteiger partial charge < -0.3 is 24.6 Å². The van der Waals surface area contributed by atoms with E-state index in [1.807, 2.05) is 22.8 Å². The number of benzene rings is 2. The number of nitriles is 1. The summed E-state index contributed by atoms with van der Waals surface area (Å²) in [5.41, 5.74) is 2.96. The lowest BCUT2D eigenvalue weighted by Crippen LogP contribution is -2.34. The molecule has 0 bridgehead atoms. The van der Waals surface area contributed by atoms with Crippen molar-refractivity contribution in [3.63, 3.8) is 0 Å². The highest BCUT2D eigenvalue weighted by Gasteiger charge is 2.24. The van der Waals surface area contributed by atoms with Crippen LogP contribution in [0.25, 0.3) is 11.0 Å². The number of likely N-dealkylation sites (tertiary alicyclic amines) is 1. The van der Waals surface area contributed by atoms with E-state index in [9.17, 15) is 24.5 Å². The molecule has 10 nitrogen and oxygen atoms in total. The minimum atomic E-state index is -1.03. The van der Waals surface area contributed by atoms with Crippen LogP contribution < -0.4 is 4.74 Å². The van der Waals surface area contributed by atoms with Crippen molar-refractivity contribution in [2.45, 2.75) is 51.0 Å². The van der Waals surface area contributed by atoms with Crippen molar-refractivity contribution in [2.24, 2.45) is 0 Å². The molecule has 11 heteroatoms. The number of carboxylic acids is 1. The molecule has 0 amide bonds. The number of carboxylic acid groups (broad SMARTS) is 1. The van der Waals surface area contributed by atoms with E-state index in [-0.39, 0.29) is 43.2 Å². The maximum absolute atomic E-state index is 14.2. The predicted octanol–water partition coefficient (Wildman–Crippen LogP) is 3.84. The summed E-state index contributed by atoms with van der Waals surface area (Å²) in [6.07, 6.45) is 1.13. The number of aromatic nitrogens is 3. The second-order valence-corrected chi connectivity index (χ2v) is 10.5. The Labute approximate surface area is 242 Å². The van der Waals surface area contributed by atoms with E-state index >= 15 is 0 Å². The molecule has 4 aromatic rings. The summed E-state index contributed by atoms with van der Waals surface area (Å²) in [6, 6.07) is 16.6. The SMILES string of the molecule is N#Cc1ccc(COc2cccc(C3CCN(Cc4nc5ccc(C(=O)O)cc5n4C[C@@H](O)CCO)CC3)n2)c(F)c1. The normalized spacial score (nSPS) is 15.0. The Hall–Kier alpha value is -4.37. The lowest BCUT2D eigenvalue weighted by Gasteiger charge is -2.31. The van der Waals surface area contributed by atoms with Crippen LogP contribution in [0.4, 0.5) is 4.39 Å². The third kappa shape index (κ3) is 6.74. The second-order valence-electron chi connectivity index (χ2n) is 10.5. The third-order valence-corrected chi connectivity index (χ3v) is 7.60. The van der Waals surface area contributed by atoms with Gasteiger partial charge >= 0.3 is 5.97 Å². The van der Waals surface area contributed by atoms with Crippen molar-refractivity contribution in [3.8, 4) is 11.9 Å². The maximum Gasteiger partial charge on any atom is 0.335 e. The monoisotopic (exact) mass is 573 g/mol. The summed E-state index contributed by atoms with van der Waals surface area (Å²) in [5.74, 6) is -0.161. The van der Waals surface area contributed by atoms with Crippen LogP contribution in [0.2, 0.25) is 0 Å². The molecule has 1 aliphatic heterocycles. The summed E-state index contributed by atoms with van der Waals surface area (Å²) in [5, 5.41) is 38.1. The number of pyridine rings is 1. The van der Waals surface area contributed by atoms with E-state index < -0.39 is 17.9 Å². The maximum atomic E-state index is 14.2. The van der Waals surface area contributed by atoms with Crippen molar-refractivity contribution in [2.75, 3.05) is 19.7 Å². The van der Waals surface area contributed by atoms with E-state index in [0.717, 1.165) is 37.4 Å². The number of imidazole rings is 1. The van der Waals surface area contributed by atoms with Gasteiger partial charge in [0.1, 0.15) is 18.2 Å². The van der Waals surface area contributed by atoms with E-state index in [1.54, 1.807) is 30.3 Å². The largest absolute Gasteiger partial charge is 0.478 e. The van der Waals surface area contributed by atoms with Crippen LogP contribution in [-0.2, 0) is 19.7 Å². The zero-order valence-corrected chi connectivity index (χ0v) is 23.0. The fourth-order valence-corrected chi connectivity index (χ4v) is 5.29. The highest BCUT2D eigenvalue weighted by atomic mass is 19.1. The van der Waals surface area contributed by atoms with Gasteiger partial charge in [0, 0.05) is 29.8 Å². The zero-order chi connectivity index (χ0) is 29.6. The Bertz CT molecular complexity index is 1610.